The number of nitrogens with one attached hydrogen (secondary N) is 1. The number of hydrogen-bond acceptors (Lipinski definition) is 5. The molecule has 2 aromatic carbocycles. The van der Waals surface area contributed by atoms with Crippen molar-refractivity contribution in [3.63, 3.8) is 0 Å². The SMILES string of the molecule is COc1cc(C=NNC(=O)C2CCCCC2)ccc1OC(=O)C=Cc1ccccc1. The third-order valence-electron chi connectivity index (χ3n) is 4.97. The molecule has 0 spiro atoms. The fourth-order valence-electron chi connectivity index (χ4n) is 3.35. The van der Waals surface area contributed by atoms with Crippen LogP contribution in [0.15, 0.2) is 59.7 Å². The molecule has 1 fully saturated rings. The standard InChI is InChI=1S/C24H26N2O4/c1-29-22-16-19(17-25-26-24(28)20-10-6-3-7-11-20)12-14-21(22)30-23(27)15-13-18-8-4-2-5-9-18/h2,4-5,8-9,12-17,20H,3,6-7,10-11H2,1H3,(H,26,28). The zero-order valence-electron chi connectivity index (χ0n) is 17.0. The normalized spacial score (nSPS) is 14.7. The quantitative estimate of drug-likeness (QED) is 0.244. The monoisotopic (exact) mass is 406 g/mol. The number of carbonyl (C=O) groups is 2. The number of carbonyl (C=O) groups excluding carboxylic acids is 2. The average Bonchev–Trinajstić information content (AvgIpc) is 2.79. The van der Waals surface area contributed by atoms with Crippen molar-refractivity contribution < 1.29 is 19.1 Å². The molecule has 3 rings (SSSR count). The lowest BCUT2D eigenvalue weighted by atomic mass is 9.89. The van der Waals surface area contributed by atoms with Crippen LogP contribution in [0.2, 0.25) is 0 Å². The molecule has 30 heavy (non-hydrogen) atoms. The highest BCUT2D eigenvalue weighted by atomic mass is 16.6. The van der Waals surface area contributed by atoms with Crippen LogP contribution < -0.4 is 14.9 Å². The number of hydrazone groups is 1. The maximum atomic E-state index is 12.1. The van der Waals surface area contributed by atoms with Crippen molar-refractivity contribution in [3.05, 3.63) is 65.7 Å². The third kappa shape index (κ3) is 6.30. The maximum absolute atomic E-state index is 12.1. The van der Waals surface area contributed by atoms with Crippen LogP contribution in [0.3, 0.4) is 0 Å². The summed E-state index contributed by atoms with van der Waals surface area (Å²) in [6.45, 7) is 0. The van der Waals surface area contributed by atoms with E-state index in [2.05, 4.69) is 10.5 Å². The van der Waals surface area contributed by atoms with Crippen molar-refractivity contribution in [2.24, 2.45) is 11.0 Å². The number of ether oxygens (including phenoxy) is 2. The van der Waals surface area contributed by atoms with Gasteiger partial charge < -0.3 is 9.47 Å². The number of benzene rings is 2. The van der Waals surface area contributed by atoms with Gasteiger partial charge in [0.25, 0.3) is 0 Å². The highest BCUT2D eigenvalue weighted by Gasteiger charge is 2.20. The van der Waals surface area contributed by atoms with Crippen LogP contribution in [0.5, 0.6) is 11.5 Å². The van der Waals surface area contributed by atoms with Crippen LogP contribution in [0.4, 0.5) is 0 Å². The van der Waals surface area contributed by atoms with Crippen LogP contribution in [-0.2, 0) is 9.59 Å². The number of methoxy groups -OCH3 is 1. The van der Waals surface area contributed by atoms with E-state index in [4.69, 9.17) is 9.47 Å². The molecule has 0 aromatic heterocycles. The molecule has 0 radical (unpaired) electrons. The predicted octanol–water partition coefficient (Wildman–Crippen LogP) is 4.34. The Hall–Kier alpha value is -3.41. The van der Waals surface area contributed by atoms with Crippen molar-refractivity contribution in [1.82, 2.24) is 5.43 Å². The Kier molecular flexibility index (Phi) is 7.78. The van der Waals surface area contributed by atoms with E-state index in [1.165, 1.54) is 19.6 Å². The minimum atomic E-state index is -0.502. The van der Waals surface area contributed by atoms with Crippen molar-refractivity contribution >= 4 is 24.2 Å². The van der Waals surface area contributed by atoms with Gasteiger partial charge in [0.2, 0.25) is 5.91 Å². The summed E-state index contributed by atoms with van der Waals surface area (Å²) < 4.78 is 10.7. The van der Waals surface area contributed by atoms with Gasteiger partial charge in [-0.25, -0.2) is 10.2 Å². The lowest BCUT2D eigenvalue weighted by Gasteiger charge is -2.19. The smallest absolute Gasteiger partial charge is 0.336 e. The maximum Gasteiger partial charge on any atom is 0.336 e. The van der Waals surface area contributed by atoms with Crippen LogP contribution in [0, 0.1) is 5.92 Å². The first-order chi connectivity index (χ1) is 14.7. The Bertz CT molecular complexity index is 916. The molecule has 0 aliphatic heterocycles. The number of nitrogens with zero attached hydrogens (tertiary/aromatic N) is 1. The van der Waals surface area contributed by atoms with E-state index in [1.807, 2.05) is 30.3 Å². The summed E-state index contributed by atoms with van der Waals surface area (Å²) in [6, 6.07) is 14.6. The van der Waals surface area contributed by atoms with E-state index in [9.17, 15) is 9.59 Å². The molecule has 1 aliphatic carbocycles. The van der Waals surface area contributed by atoms with Crippen LogP contribution in [-0.4, -0.2) is 25.2 Å². The zero-order valence-corrected chi connectivity index (χ0v) is 17.0. The summed E-state index contributed by atoms with van der Waals surface area (Å²) in [5.41, 5.74) is 4.24. The van der Waals surface area contributed by atoms with Gasteiger partial charge in [0.1, 0.15) is 0 Å². The van der Waals surface area contributed by atoms with E-state index in [-0.39, 0.29) is 11.8 Å². The van der Waals surface area contributed by atoms with Crippen molar-refractivity contribution in [2.45, 2.75) is 32.1 Å². The van der Waals surface area contributed by atoms with Gasteiger partial charge in [-0.1, -0.05) is 49.6 Å². The van der Waals surface area contributed by atoms with Gasteiger partial charge in [-0.05, 0) is 48.2 Å². The second-order valence-corrected chi connectivity index (χ2v) is 7.14. The Balaban J connectivity index is 1.58. The Labute approximate surface area is 176 Å². The van der Waals surface area contributed by atoms with E-state index in [0.717, 1.165) is 36.8 Å². The van der Waals surface area contributed by atoms with Crippen LogP contribution in [0.1, 0.15) is 43.2 Å². The molecule has 1 aliphatic rings. The first kappa shape index (κ1) is 21.3. The van der Waals surface area contributed by atoms with E-state index in [0.29, 0.717) is 11.5 Å². The highest BCUT2D eigenvalue weighted by Crippen LogP contribution is 2.28. The van der Waals surface area contributed by atoms with Gasteiger partial charge in [0, 0.05) is 12.0 Å². The minimum absolute atomic E-state index is 0.0336. The molecule has 6 nitrogen and oxygen atoms in total. The first-order valence-corrected chi connectivity index (χ1v) is 10.1. The number of esters is 1. The minimum Gasteiger partial charge on any atom is -0.493 e. The van der Waals surface area contributed by atoms with Crippen LogP contribution in [0.25, 0.3) is 6.08 Å². The van der Waals surface area contributed by atoms with E-state index in [1.54, 1.807) is 30.5 Å². The highest BCUT2D eigenvalue weighted by molar-refractivity contribution is 5.89. The first-order valence-electron chi connectivity index (χ1n) is 10.1. The molecule has 0 unspecified atom stereocenters. The molecule has 0 atom stereocenters. The van der Waals surface area contributed by atoms with Gasteiger partial charge in [-0.2, -0.15) is 5.10 Å². The zero-order chi connectivity index (χ0) is 21.2. The summed E-state index contributed by atoms with van der Waals surface area (Å²) in [5.74, 6) is 0.228. The number of hydrogen-bond donors (Lipinski definition) is 1. The average molecular weight is 406 g/mol. The van der Waals surface area contributed by atoms with Crippen molar-refractivity contribution in [2.75, 3.05) is 7.11 Å². The summed E-state index contributed by atoms with van der Waals surface area (Å²) in [4.78, 5) is 24.2. The lowest BCUT2D eigenvalue weighted by molar-refractivity contribution is -0.129. The molecular weight excluding hydrogens is 380 g/mol. The predicted molar refractivity (Wildman–Crippen MR) is 116 cm³/mol. The molecule has 1 amide bonds. The molecule has 0 saturated heterocycles. The largest absolute Gasteiger partial charge is 0.493 e. The fraction of sp³-hybridized carbons (Fsp3) is 0.292. The molecule has 156 valence electrons. The molecule has 0 heterocycles. The Morgan fingerprint density at radius 1 is 1.00 bits per heavy atom. The fourth-order valence-corrected chi connectivity index (χ4v) is 3.35. The topological polar surface area (TPSA) is 77.0 Å². The number of amides is 1. The second-order valence-electron chi connectivity index (χ2n) is 7.14. The van der Waals surface area contributed by atoms with Gasteiger partial charge >= 0.3 is 5.97 Å². The molecule has 1 saturated carbocycles. The summed E-state index contributed by atoms with van der Waals surface area (Å²) >= 11 is 0. The summed E-state index contributed by atoms with van der Waals surface area (Å²) in [7, 11) is 1.50. The third-order valence-corrected chi connectivity index (χ3v) is 4.97. The van der Waals surface area contributed by atoms with Gasteiger partial charge in [-0.15, -0.1) is 0 Å². The summed E-state index contributed by atoms with van der Waals surface area (Å²) in [5, 5.41) is 4.05. The van der Waals surface area contributed by atoms with Crippen molar-refractivity contribution in [1.29, 1.82) is 0 Å². The van der Waals surface area contributed by atoms with Crippen molar-refractivity contribution in [3.8, 4) is 11.5 Å². The van der Waals surface area contributed by atoms with Gasteiger partial charge in [0.05, 0.1) is 13.3 Å². The van der Waals surface area contributed by atoms with Crippen LogP contribution >= 0.6 is 0 Å². The Morgan fingerprint density at radius 3 is 2.50 bits per heavy atom. The van der Waals surface area contributed by atoms with Gasteiger partial charge in [-0.3, -0.25) is 4.79 Å². The molecule has 1 N–H and O–H groups in total. The Morgan fingerprint density at radius 2 is 1.77 bits per heavy atom. The second kappa shape index (κ2) is 11.0. The lowest BCUT2D eigenvalue weighted by Crippen LogP contribution is -2.28. The van der Waals surface area contributed by atoms with E-state index >= 15 is 0 Å². The van der Waals surface area contributed by atoms with E-state index < -0.39 is 5.97 Å². The summed E-state index contributed by atoms with van der Waals surface area (Å²) in [6.07, 6.45) is 9.84. The molecule has 6 heteroatoms. The molecule has 0 bridgehead atoms. The van der Waals surface area contributed by atoms with Gasteiger partial charge in [0.15, 0.2) is 11.5 Å². The molecule has 2 aromatic rings. The number of rotatable bonds is 7. The molecular formula is C24H26N2O4.